The minimum absolute atomic E-state index is 0.578. The Labute approximate surface area is 127 Å². The molecule has 6 heteroatoms. The van der Waals surface area contributed by atoms with E-state index in [-0.39, 0.29) is 0 Å². The molecule has 0 amide bonds. The van der Waals surface area contributed by atoms with Crippen LogP contribution in [0.4, 0.5) is 0 Å². The second-order valence-electron chi connectivity index (χ2n) is 7.12. The molecular weight excluding hydrogens is 266 g/mol. The maximum absolute atomic E-state index is 9.89. The quantitative estimate of drug-likeness (QED) is 0.842. The highest BCUT2D eigenvalue weighted by molar-refractivity contribution is 4.87. The topological polar surface area (TPSA) is 57.4 Å². The molecule has 0 aliphatic carbocycles. The number of rotatable bonds is 6. The summed E-state index contributed by atoms with van der Waals surface area (Å²) in [5.41, 5.74) is -0.611. The number of piperazine rings is 1. The normalized spacial score (nSPS) is 18.6. The van der Waals surface area contributed by atoms with Gasteiger partial charge in [0.2, 0.25) is 0 Å². The van der Waals surface area contributed by atoms with Crippen molar-refractivity contribution >= 4 is 0 Å². The minimum atomic E-state index is -0.611. The van der Waals surface area contributed by atoms with Gasteiger partial charge in [-0.3, -0.25) is 9.80 Å². The van der Waals surface area contributed by atoms with Gasteiger partial charge in [-0.1, -0.05) is 13.8 Å². The number of β-amino-alcohol motifs (C(OH)–C–C–N with tert-alkyl or cyclic N) is 1. The van der Waals surface area contributed by atoms with Crippen LogP contribution in [-0.2, 0) is 13.1 Å². The van der Waals surface area contributed by atoms with Crippen LogP contribution < -0.4 is 0 Å². The maximum Gasteiger partial charge on any atom is 0.141 e. The van der Waals surface area contributed by atoms with Gasteiger partial charge < -0.3 is 5.11 Å². The van der Waals surface area contributed by atoms with Crippen LogP contribution in [0.5, 0.6) is 0 Å². The van der Waals surface area contributed by atoms with E-state index in [9.17, 15) is 5.11 Å². The monoisotopic (exact) mass is 295 g/mol. The van der Waals surface area contributed by atoms with Gasteiger partial charge in [-0.2, -0.15) is 5.10 Å². The molecule has 0 bridgehead atoms. The summed E-state index contributed by atoms with van der Waals surface area (Å²) in [5.74, 6) is 1.63. The lowest BCUT2D eigenvalue weighted by Crippen LogP contribution is -2.50. The van der Waals surface area contributed by atoms with Gasteiger partial charge in [0.15, 0.2) is 0 Å². The van der Waals surface area contributed by atoms with E-state index >= 15 is 0 Å². The molecule has 0 unspecified atom stereocenters. The Hall–Kier alpha value is -0.980. The zero-order valence-corrected chi connectivity index (χ0v) is 13.8. The van der Waals surface area contributed by atoms with Crippen molar-refractivity contribution < 1.29 is 5.11 Å². The Morgan fingerprint density at radius 2 is 1.81 bits per heavy atom. The first-order chi connectivity index (χ1) is 9.83. The van der Waals surface area contributed by atoms with Crippen LogP contribution in [0, 0.1) is 5.92 Å². The molecular formula is C15H29N5O. The van der Waals surface area contributed by atoms with Gasteiger partial charge in [0.05, 0.1) is 12.1 Å². The SMILES string of the molecule is CC(C)Cn1ncnc1CN1CCN(CC(C)(C)O)CC1. The molecule has 6 nitrogen and oxygen atoms in total. The van der Waals surface area contributed by atoms with Gasteiger partial charge in [0, 0.05) is 39.3 Å². The second kappa shape index (κ2) is 6.85. The van der Waals surface area contributed by atoms with Crippen LogP contribution in [0.3, 0.4) is 0 Å². The summed E-state index contributed by atoms with van der Waals surface area (Å²) in [6, 6.07) is 0. The Kier molecular flexibility index (Phi) is 5.35. The van der Waals surface area contributed by atoms with Gasteiger partial charge in [-0.15, -0.1) is 0 Å². The van der Waals surface area contributed by atoms with E-state index in [2.05, 4.69) is 33.7 Å². The van der Waals surface area contributed by atoms with Crippen LogP contribution in [0.1, 0.15) is 33.5 Å². The molecule has 21 heavy (non-hydrogen) atoms. The van der Waals surface area contributed by atoms with Crippen LogP contribution in [0.2, 0.25) is 0 Å². The second-order valence-corrected chi connectivity index (χ2v) is 7.12. The van der Waals surface area contributed by atoms with Crippen LogP contribution >= 0.6 is 0 Å². The number of hydrogen-bond acceptors (Lipinski definition) is 5. The fraction of sp³-hybridized carbons (Fsp3) is 0.867. The summed E-state index contributed by atoms with van der Waals surface area (Å²) in [5, 5.41) is 14.2. The van der Waals surface area contributed by atoms with Gasteiger partial charge in [0.1, 0.15) is 12.2 Å². The number of aromatic nitrogens is 3. The number of aliphatic hydroxyl groups is 1. The molecule has 1 fully saturated rings. The molecule has 2 heterocycles. The lowest BCUT2D eigenvalue weighted by molar-refractivity contribution is 0.0161. The van der Waals surface area contributed by atoms with Crippen LogP contribution in [0.15, 0.2) is 6.33 Å². The maximum atomic E-state index is 9.89. The third-order valence-electron chi connectivity index (χ3n) is 3.67. The minimum Gasteiger partial charge on any atom is -0.389 e. The van der Waals surface area contributed by atoms with Crippen molar-refractivity contribution in [1.29, 1.82) is 0 Å². The first-order valence-electron chi connectivity index (χ1n) is 7.87. The molecule has 0 saturated carbocycles. The molecule has 0 spiro atoms. The molecule has 120 valence electrons. The summed E-state index contributed by atoms with van der Waals surface area (Å²) in [6.45, 7) is 14.7. The standard InChI is InChI=1S/C15H29N5O/c1-13(2)9-20-14(16-12-17-20)10-18-5-7-19(8-6-18)11-15(3,4)21/h12-13,21H,5-11H2,1-4H3. The third-order valence-corrected chi connectivity index (χ3v) is 3.67. The summed E-state index contributed by atoms with van der Waals surface area (Å²) in [4.78, 5) is 9.15. The number of hydrogen-bond donors (Lipinski definition) is 1. The Bertz CT molecular complexity index is 430. The highest BCUT2D eigenvalue weighted by Gasteiger charge is 2.23. The van der Waals surface area contributed by atoms with Gasteiger partial charge >= 0.3 is 0 Å². The predicted octanol–water partition coefficient (Wildman–Crippen LogP) is 0.823. The Balaban J connectivity index is 1.82. The van der Waals surface area contributed by atoms with Gasteiger partial charge in [-0.25, -0.2) is 9.67 Å². The third kappa shape index (κ3) is 5.37. The summed E-state index contributed by atoms with van der Waals surface area (Å²) < 4.78 is 2.02. The lowest BCUT2D eigenvalue weighted by atomic mass is 10.1. The zero-order valence-electron chi connectivity index (χ0n) is 13.8. The largest absolute Gasteiger partial charge is 0.389 e. The van der Waals surface area contributed by atoms with E-state index in [0.717, 1.165) is 51.6 Å². The van der Waals surface area contributed by atoms with Crippen molar-refractivity contribution in [3.05, 3.63) is 12.2 Å². The first-order valence-corrected chi connectivity index (χ1v) is 7.87. The average Bonchev–Trinajstić information content (AvgIpc) is 2.76. The van der Waals surface area contributed by atoms with Crippen molar-refractivity contribution in [2.24, 2.45) is 5.92 Å². The molecule has 1 aromatic heterocycles. The van der Waals surface area contributed by atoms with Crippen LogP contribution in [0.25, 0.3) is 0 Å². The Morgan fingerprint density at radius 1 is 1.19 bits per heavy atom. The fourth-order valence-corrected chi connectivity index (χ4v) is 2.76. The molecule has 1 saturated heterocycles. The van der Waals surface area contributed by atoms with E-state index < -0.39 is 5.60 Å². The zero-order chi connectivity index (χ0) is 15.5. The molecule has 0 aromatic carbocycles. The van der Waals surface area contributed by atoms with E-state index in [1.807, 2.05) is 18.5 Å². The highest BCUT2D eigenvalue weighted by atomic mass is 16.3. The number of nitrogens with zero attached hydrogens (tertiary/aromatic N) is 5. The molecule has 1 N–H and O–H groups in total. The average molecular weight is 295 g/mol. The fourth-order valence-electron chi connectivity index (χ4n) is 2.76. The van der Waals surface area contributed by atoms with E-state index in [0.29, 0.717) is 5.92 Å². The molecule has 0 atom stereocenters. The van der Waals surface area contributed by atoms with Crippen molar-refractivity contribution in [2.45, 2.75) is 46.4 Å². The van der Waals surface area contributed by atoms with Crippen molar-refractivity contribution in [3.63, 3.8) is 0 Å². The van der Waals surface area contributed by atoms with Crippen molar-refractivity contribution in [1.82, 2.24) is 24.6 Å². The van der Waals surface area contributed by atoms with E-state index in [1.54, 1.807) is 6.33 Å². The van der Waals surface area contributed by atoms with Crippen LogP contribution in [-0.4, -0.2) is 68.0 Å². The molecule has 1 aliphatic rings. The van der Waals surface area contributed by atoms with Gasteiger partial charge in [0.25, 0.3) is 0 Å². The Morgan fingerprint density at radius 3 is 2.38 bits per heavy atom. The molecule has 1 aromatic rings. The lowest BCUT2D eigenvalue weighted by Gasteiger charge is -2.37. The predicted molar refractivity (Wildman–Crippen MR) is 82.9 cm³/mol. The van der Waals surface area contributed by atoms with Crippen molar-refractivity contribution in [3.8, 4) is 0 Å². The highest BCUT2D eigenvalue weighted by Crippen LogP contribution is 2.11. The molecule has 2 rings (SSSR count). The van der Waals surface area contributed by atoms with Gasteiger partial charge in [-0.05, 0) is 19.8 Å². The summed E-state index contributed by atoms with van der Waals surface area (Å²) in [7, 11) is 0. The molecule has 0 radical (unpaired) electrons. The summed E-state index contributed by atoms with van der Waals surface area (Å²) >= 11 is 0. The molecule has 1 aliphatic heterocycles. The smallest absolute Gasteiger partial charge is 0.141 e. The van der Waals surface area contributed by atoms with E-state index in [4.69, 9.17) is 0 Å². The first kappa shape index (κ1) is 16.4. The summed E-state index contributed by atoms with van der Waals surface area (Å²) in [6.07, 6.45) is 1.66. The van der Waals surface area contributed by atoms with E-state index in [1.165, 1.54) is 0 Å². The van der Waals surface area contributed by atoms with Crippen molar-refractivity contribution in [2.75, 3.05) is 32.7 Å².